The molecule has 0 atom stereocenters. The van der Waals surface area contributed by atoms with Crippen molar-refractivity contribution in [2.24, 2.45) is 0 Å². The van der Waals surface area contributed by atoms with Crippen molar-refractivity contribution >= 4 is 23.1 Å². The van der Waals surface area contributed by atoms with Gasteiger partial charge in [0.2, 0.25) is 0 Å². The number of hydrogen-bond acceptors (Lipinski definition) is 5. The third-order valence-corrected chi connectivity index (χ3v) is 3.71. The summed E-state index contributed by atoms with van der Waals surface area (Å²) in [6.45, 7) is 0. The number of methoxy groups -OCH3 is 2. The zero-order chi connectivity index (χ0) is 18.4. The zero-order valence-electron chi connectivity index (χ0n) is 14.5. The number of carbonyl (C=O) groups is 1. The van der Waals surface area contributed by atoms with E-state index in [9.17, 15) is 4.79 Å². The van der Waals surface area contributed by atoms with Crippen LogP contribution in [0.1, 0.15) is 10.4 Å². The number of rotatable bonds is 6. The van der Waals surface area contributed by atoms with Gasteiger partial charge in [-0.25, -0.2) is 4.98 Å². The van der Waals surface area contributed by atoms with Crippen LogP contribution in [-0.2, 0) is 0 Å². The molecule has 3 aromatic rings. The molecule has 1 aromatic heterocycles. The van der Waals surface area contributed by atoms with Gasteiger partial charge >= 0.3 is 0 Å². The van der Waals surface area contributed by atoms with Crippen molar-refractivity contribution in [3.8, 4) is 11.5 Å². The second-order valence-corrected chi connectivity index (χ2v) is 5.45. The molecule has 0 saturated heterocycles. The summed E-state index contributed by atoms with van der Waals surface area (Å²) in [5.74, 6) is 1.59. The molecule has 3 rings (SSSR count). The van der Waals surface area contributed by atoms with Crippen LogP contribution >= 0.6 is 0 Å². The van der Waals surface area contributed by atoms with E-state index in [1.165, 1.54) is 0 Å². The predicted molar refractivity (Wildman–Crippen MR) is 101 cm³/mol. The van der Waals surface area contributed by atoms with E-state index in [-0.39, 0.29) is 5.91 Å². The molecule has 0 fully saturated rings. The summed E-state index contributed by atoms with van der Waals surface area (Å²) >= 11 is 0. The fourth-order valence-electron chi connectivity index (χ4n) is 2.40. The van der Waals surface area contributed by atoms with Crippen LogP contribution in [0.3, 0.4) is 0 Å². The maximum absolute atomic E-state index is 12.1. The minimum Gasteiger partial charge on any atom is -0.493 e. The maximum atomic E-state index is 12.1. The Morgan fingerprint density at radius 2 is 1.62 bits per heavy atom. The van der Waals surface area contributed by atoms with E-state index in [0.717, 1.165) is 11.4 Å². The Bertz CT molecular complexity index is 881. The molecule has 0 spiro atoms. The molecule has 0 aliphatic carbocycles. The van der Waals surface area contributed by atoms with E-state index < -0.39 is 0 Å². The highest BCUT2D eigenvalue weighted by atomic mass is 16.5. The molecule has 0 unspecified atom stereocenters. The van der Waals surface area contributed by atoms with Crippen LogP contribution in [0.25, 0.3) is 0 Å². The number of carbonyl (C=O) groups excluding carboxylic acids is 1. The van der Waals surface area contributed by atoms with Crippen molar-refractivity contribution < 1.29 is 14.3 Å². The lowest BCUT2D eigenvalue weighted by molar-refractivity contribution is 0.102. The number of ether oxygens (including phenoxy) is 2. The quantitative estimate of drug-likeness (QED) is 0.701. The lowest BCUT2D eigenvalue weighted by Gasteiger charge is -2.11. The fraction of sp³-hybridized carbons (Fsp3) is 0.100. The Morgan fingerprint density at radius 3 is 2.27 bits per heavy atom. The number of hydrogen-bond donors (Lipinski definition) is 2. The Morgan fingerprint density at radius 1 is 0.885 bits per heavy atom. The van der Waals surface area contributed by atoms with Crippen LogP contribution in [-0.4, -0.2) is 25.1 Å². The van der Waals surface area contributed by atoms with E-state index >= 15 is 0 Å². The average molecular weight is 349 g/mol. The van der Waals surface area contributed by atoms with Gasteiger partial charge in [-0.1, -0.05) is 18.2 Å². The minimum atomic E-state index is -0.196. The molecule has 0 saturated carbocycles. The van der Waals surface area contributed by atoms with Crippen LogP contribution < -0.4 is 20.1 Å². The Hall–Kier alpha value is -3.54. The van der Waals surface area contributed by atoms with Gasteiger partial charge in [0.1, 0.15) is 5.82 Å². The molecule has 1 amide bonds. The first-order valence-electron chi connectivity index (χ1n) is 8.01. The average Bonchev–Trinajstić information content (AvgIpc) is 2.70. The second-order valence-electron chi connectivity index (χ2n) is 5.45. The van der Waals surface area contributed by atoms with Crippen LogP contribution in [0, 0.1) is 0 Å². The molecular weight excluding hydrogens is 330 g/mol. The topological polar surface area (TPSA) is 72.5 Å². The van der Waals surface area contributed by atoms with Crippen LogP contribution in [0.4, 0.5) is 17.2 Å². The van der Waals surface area contributed by atoms with Crippen molar-refractivity contribution in [1.82, 2.24) is 4.98 Å². The molecule has 0 bridgehead atoms. The lowest BCUT2D eigenvalue weighted by Crippen LogP contribution is -2.12. The Balaban J connectivity index is 1.67. The van der Waals surface area contributed by atoms with Crippen molar-refractivity contribution in [1.29, 1.82) is 0 Å². The number of benzene rings is 2. The van der Waals surface area contributed by atoms with Gasteiger partial charge in [-0.05, 0) is 36.4 Å². The van der Waals surface area contributed by atoms with Gasteiger partial charge in [0, 0.05) is 17.3 Å². The predicted octanol–water partition coefficient (Wildman–Crippen LogP) is 4.09. The van der Waals surface area contributed by atoms with E-state index in [0.29, 0.717) is 22.9 Å². The van der Waals surface area contributed by atoms with Crippen molar-refractivity contribution in [2.45, 2.75) is 0 Å². The molecule has 1 heterocycles. The van der Waals surface area contributed by atoms with E-state index in [2.05, 4.69) is 15.6 Å². The Labute approximate surface area is 151 Å². The smallest absolute Gasteiger partial charge is 0.256 e. The summed E-state index contributed by atoms with van der Waals surface area (Å²) < 4.78 is 10.5. The van der Waals surface area contributed by atoms with Crippen molar-refractivity contribution in [3.63, 3.8) is 0 Å². The summed E-state index contributed by atoms with van der Waals surface area (Å²) in [6, 6.07) is 18.1. The van der Waals surface area contributed by atoms with Crippen molar-refractivity contribution in [3.05, 3.63) is 72.4 Å². The summed E-state index contributed by atoms with van der Waals surface area (Å²) in [6.07, 6.45) is 1.65. The number of amides is 1. The summed E-state index contributed by atoms with van der Waals surface area (Å²) in [5, 5.41) is 6.00. The monoisotopic (exact) mass is 349 g/mol. The maximum Gasteiger partial charge on any atom is 0.256 e. The molecule has 2 N–H and O–H groups in total. The number of anilines is 3. The first-order valence-corrected chi connectivity index (χ1v) is 8.01. The highest BCUT2D eigenvalue weighted by Gasteiger charge is 2.07. The van der Waals surface area contributed by atoms with Gasteiger partial charge in [-0.2, -0.15) is 0 Å². The molecule has 0 radical (unpaired) electrons. The van der Waals surface area contributed by atoms with Gasteiger partial charge in [-0.3, -0.25) is 4.79 Å². The van der Waals surface area contributed by atoms with Gasteiger partial charge in [0.25, 0.3) is 5.91 Å². The van der Waals surface area contributed by atoms with Gasteiger partial charge in [0.15, 0.2) is 11.5 Å². The van der Waals surface area contributed by atoms with Crippen LogP contribution in [0.15, 0.2) is 66.9 Å². The summed E-state index contributed by atoms with van der Waals surface area (Å²) in [7, 11) is 3.19. The molecule has 0 aliphatic rings. The third-order valence-electron chi connectivity index (χ3n) is 3.71. The number of pyridine rings is 1. The normalized spacial score (nSPS) is 10.1. The third kappa shape index (κ3) is 4.10. The van der Waals surface area contributed by atoms with E-state index in [4.69, 9.17) is 9.47 Å². The highest BCUT2D eigenvalue weighted by molar-refractivity contribution is 6.03. The number of nitrogens with one attached hydrogen (secondary N) is 2. The van der Waals surface area contributed by atoms with Crippen LogP contribution in [0.5, 0.6) is 11.5 Å². The molecule has 26 heavy (non-hydrogen) atoms. The van der Waals surface area contributed by atoms with Crippen LogP contribution in [0.2, 0.25) is 0 Å². The second kappa shape index (κ2) is 8.02. The Kier molecular flexibility index (Phi) is 5.34. The fourth-order valence-corrected chi connectivity index (χ4v) is 2.40. The van der Waals surface area contributed by atoms with E-state index in [1.807, 2.05) is 42.5 Å². The lowest BCUT2D eigenvalue weighted by atomic mass is 10.2. The van der Waals surface area contributed by atoms with E-state index in [1.54, 1.807) is 38.6 Å². The van der Waals surface area contributed by atoms with Crippen molar-refractivity contribution in [2.75, 3.05) is 24.9 Å². The number of nitrogens with zero attached hydrogens (tertiary/aromatic N) is 1. The zero-order valence-corrected chi connectivity index (χ0v) is 14.5. The number of aromatic nitrogens is 1. The first kappa shape index (κ1) is 17.3. The highest BCUT2D eigenvalue weighted by Crippen LogP contribution is 2.31. The molecule has 6 heteroatoms. The molecule has 132 valence electrons. The van der Waals surface area contributed by atoms with Gasteiger partial charge in [-0.15, -0.1) is 0 Å². The standard InChI is InChI=1S/C20H19N3O3/c1-25-17-10-8-15(12-18(17)26-2)22-16-9-11-19(21-13-16)23-20(24)14-6-4-3-5-7-14/h3-13,22H,1-2H3,(H,21,23,24). The molecule has 0 aliphatic heterocycles. The minimum absolute atomic E-state index is 0.196. The largest absolute Gasteiger partial charge is 0.493 e. The summed E-state index contributed by atoms with van der Waals surface area (Å²) in [4.78, 5) is 16.4. The molecule has 2 aromatic carbocycles. The van der Waals surface area contributed by atoms with Gasteiger partial charge < -0.3 is 20.1 Å². The molecular formula is C20H19N3O3. The summed E-state index contributed by atoms with van der Waals surface area (Å²) in [5.41, 5.74) is 2.21. The first-order chi connectivity index (χ1) is 12.7. The SMILES string of the molecule is COc1ccc(Nc2ccc(NC(=O)c3ccccc3)nc2)cc1OC. The molecule has 6 nitrogen and oxygen atoms in total. The van der Waals surface area contributed by atoms with Gasteiger partial charge in [0.05, 0.1) is 26.1 Å².